The van der Waals surface area contributed by atoms with Crippen LogP contribution in [-0.4, -0.2) is 30.2 Å². The van der Waals surface area contributed by atoms with Gasteiger partial charge < -0.3 is 10.2 Å². The fourth-order valence-electron chi connectivity index (χ4n) is 3.02. The zero-order chi connectivity index (χ0) is 11.0. The van der Waals surface area contributed by atoms with E-state index in [9.17, 15) is 0 Å². The summed E-state index contributed by atoms with van der Waals surface area (Å²) in [4.78, 5) is 6.95. The van der Waals surface area contributed by atoms with Gasteiger partial charge in [0.05, 0.1) is 11.9 Å². The number of nitrogens with one attached hydrogen (secondary N) is 1. The summed E-state index contributed by atoms with van der Waals surface area (Å²) in [5.74, 6) is 0. The molecule has 2 atom stereocenters. The molecule has 0 spiro atoms. The highest BCUT2D eigenvalue weighted by atomic mass is 15.2. The van der Waals surface area contributed by atoms with Gasteiger partial charge in [0, 0.05) is 24.3 Å². The standard InChI is InChI=1S/C13H19N3/c1-10-4-5-11(9-15-10)16-8-2-3-12-13(16)6-7-14-12/h4-5,9,12-14H,2-3,6-8H2,1H3. The van der Waals surface area contributed by atoms with Crippen molar-refractivity contribution >= 4 is 5.69 Å². The van der Waals surface area contributed by atoms with Crippen LogP contribution < -0.4 is 10.2 Å². The molecule has 16 heavy (non-hydrogen) atoms. The number of aromatic nitrogens is 1. The molecule has 3 heterocycles. The van der Waals surface area contributed by atoms with Gasteiger partial charge in [-0.05, 0) is 44.9 Å². The summed E-state index contributed by atoms with van der Waals surface area (Å²) in [5, 5.41) is 3.61. The SMILES string of the molecule is Cc1ccc(N2CCCC3NCCC32)cn1. The molecule has 0 aromatic carbocycles. The molecule has 0 saturated carbocycles. The number of hydrogen-bond donors (Lipinski definition) is 1. The van der Waals surface area contributed by atoms with Gasteiger partial charge in [-0.1, -0.05) is 0 Å². The molecule has 0 radical (unpaired) electrons. The van der Waals surface area contributed by atoms with Crippen molar-refractivity contribution in [3.8, 4) is 0 Å². The number of rotatable bonds is 1. The van der Waals surface area contributed by atoms with E-state index in [2.05, 4.69) is 27.3 Å². The third-order valence-electron chi connectivity index (χ3n) is 3.85. The summed E-state index contributed by atoms with van der Waals surface area (Å²) >= 11 is 0. The predicted molar refractivity (Wildman–Crippen MR) is 65.7 cm³/mol. The van der Waals surface area contributed by atoms with Crippen LogP contribution in [-0.2, 0) is 0 Å². The Kier molecular flexibility index (Phi) is 2.56. The Labute approximate surface area is 96.9 Å². The van der Waals surface area contributed by atoms with E-state index in [0.29, 0.717) is 12.1 Å². The van der Waals surface area contributed by atoms with E-state index in [1.54, 1.807) is 0 Å². The topological polar surface area (TPSA) is 28.2 Å². The number of piperidine rings is 1. The monoisotopic (exact) mass is 217 g/mol. The van der Waals surface area contributed by atoms with Crippen LogP contribution in [0.15, 0.2) is 18.3 Å². The van der Waals surface area contributed by atoms with Crippen molar-refractivity contribution in [1.82, 2.24) is 10.3 Å². The van der Waals surface area contributed by atoms with Crippen LogP contribution in [0.4, 0.5) is 5.69 Å². The maximum Gasteiger partial charge on any atom is 0.0556 e. The zero-order valence-electron chi connectivity index (χ0n) is 9.82. The Hall–Kier alpha value is -1.09. The van der Waals surface area contributed by atoms with Crippen molar-refractivity contribution in [3.05, 3.63) is 24.0 Å². The first-order valence-electron chi connectivity index (χ1n) is 6.27. The minimum atomic E-state index is 0.693. The molecular formula is C13H19N3. The van der Waals surface area contributed by atoms with Crippen molar-refractivity contribution < 1.29 is 0 Å². The molecule has 0 bridgehead atoms. The van der Waals surface area contributed by atoms with E-state index in [-0.39, 0.29) is 0 Å². The quantitative estimate of drug-likeness (QED) is 0.776. The smallest absolute Gasteiger partial charge is 0.0556 e. The number of hydrogen-bond acceptors (Lipinski definition) is 3. The van der Waals surface area contributed by atoms with Crippen LogP contribution in [0.25, 0.3) is 0 Å². The summed E-state index contributed by atoms with van der Waals surface area (Å²) in [6, 6.07) is 5.72. The minimum absolute atomic E-state index is 0.693. The Morgan fingerprint density at radius 3 is 3.12 bits per heavy atom. The normalized spacial score (nSPS) is 29.2. The van der Waals surface area contributed by atoms with Crippen molar-refractivity contribution in [2.45, 2.75) is 38.3 Å². The van der Waals surface area contributed by atoms with Crippen molar-refractivity contribution in [2.75, 3.05) is 18.0 Å². The highest BCUT2D eigenvalue weighted by Gasteiger charge is 2.34. The van der Waals surface area contributed by atoms with Gasteiger partial charge in [-0.15, -0.1) is 0 Å². The van der Waals surface area contributed by atoms with E-state index in [1.165, 1.54) is 38.0 Å². The molecule has 0 amide bonds. The summed E-state index contributed by atoms with van der Waals surface area (Å²) < 4.78 is 0. The number of aryl methyl sites for hydroxylation is 1. The molecule has 1 N–H and O–H groups in total. The molecule has 1 aromatic rings. The van der Waals surface area contributed by atoms with Gasteiger partial charge >= 0.3 is 0 Å². The van der Waals surface area contributed by atoms with Gasteiger partial charge in [0.1, 0.15) is 0 Å². The van der Waals surface area contributed by atoms with E-state index < -0.39 is 0 Å². The number of fused-ring (bicyclic) bond motifs is 1. The number of nitrogens with zero attached hydrogens (tertiary/aromatic N) is 2. The van der Waals surface area contributed by atoms with Gasteiger partial charge in [-0.2, -0.15) is 0 Å². The Morgan fingerprint density at radius 2 is 2.31 bits per heavy atom. The highest BCUT2D eigenvalue weighted by Crippen LogP contribution is 2.28. The van der Waals surface area contributed by atoms with Gasteiger partial charge in [0.15, 0.2) is 0 Å². The lowest BCUT2D eigenvalue weighted by Gasteiger charge is -2.38. The molecule has 2 fully saturated rings. The van der Waals surface area contributed by atoms with Gasteiger partial charge in [0.25, 0.3) is 0 Å². The van der Waals surface area contributed by atoms with Gasteiger partial charge in [0.2, 0.25) is 0 Å². The Bertz CT molecular complexity index is 360. The lowest BCUT2D eigenvalue weighted by Crippen LogP contribution is -2.48. The number of anilines is 1. The van der Waals surface area contributed by atoms with Crippen LogP contribution in [0.2, 0.25) is 0 Å². The molecule has 2 aliphatic rings. The predicted octanol–water partition coefficient (Wildman–Crippen LogP) is 1.72. The maximum atomic E-state index is 4.41. The van der Waals surface area contributed by atoms with E-state index in [0.717, 1.165) is 5.69 Å². The van der Waals surface area contributed by atoms with E-state index >= 15 is 0 Å². The average Bonchev–Trinajstić information content (AvgIpc) is 2.78. The van der Waals surface area contributed by atoms with Crippen LogP contribution in [0, 0.1) is 6.92 Å². The largest absolute Gasteiger partial charge is 0.366 e. The van der Waals surface area contributed by atoms with Crippen LogP contribution in [0.1, 0.15) is 25.0 Å². The molecular weight excluding hydrogens is 198 g/mol. The molecule has 3 nitrogen and oxygen atoms in total. The van der Waals surface area contributed by atoms with Crippen molar-refractivity contribution in [3.63, 3.8) is 0 Å². The molecule has 2 aliphatic heterocycles. The molecule has 3 heteroatoms. The average molecular weight is 217 g/mol. The Balaban J connectivity index is 1.85. The first kappa shape index (κ1) is 10.1. The summed E-state index contributed by atoms with van der Waals surface area (Å²) in [5.41, 5.74) is 2.39. The third-order valence-corrected chi connectivity index (χ3v) is 3.85. The maximum absolute atomic E-state index is 4.41. The molecule has 2 unspecified atom stereocenters. The lowest BCUT2D eigenvalue weighted by atomic mass is 9.97. The lowest BCUT2D eigenvalue weighted by molar-refractivity contribution is 0.412. The second kappa shape index (κ2) is 4.06. The molecule has 3 rings (SSSR count). The Morgan fingerprint density at radius 1 is 1.38 bits per heavy atom. The van der Waals surface area contributed by atoms with E-state index in [1.807, 2.05) is 13.1 Å². The van der Waals surface area contributed by atoms with Gasteiger partial charge in [-0.25, -0.2) is 0 Å². The van der Waals surface area contributed by atoms with E-state index in [4.69, 9.17) is 0 Å². The summed E-state index contributed by atoms with van der Waals surface area (Å²) in [6.45, 7) is 4.40. The summed E-state index contributed by atoms with van der Waals surface area (Å²) in [7, 11) is 0. The molecule has 86 valence electrons. The second-order valence-electron chi connectivity index (χ2n) is 4.91. The molecule has 0 aliphatic carbocycles. The van der Waals surface area contributed by atoms with Crippen LogP contribution in [0.3, 0.4) is 0 Å². The fourth-order valence-corrected chi connectivity index (χ4v) is 3.02. The first-order chi connectivity index (χ1) is 7.84. The zero-order valence-corrected chi connectivity index (χ0v) is 9.82. The first-order valence-corrected chi connectivity index (χ1v) is 6.27. The fraction of sp³-hybridized carbons (Fsp3) is 0.615. The molecule has 1 aromatic heterocycles. The third kappa shape index (κ3) is 1.69. The van der Waals surface area contributed by atoms with Crippen LogP contribution in [0.5, 0.6) is 0 Å². The van der Waals surface area contributed by atoms with Crippen molar-refractivity contribution in [2.24, 2.45) is 0 Å². The van der Waals surface area contributed by atoms with Crippen molar-refractivity contribution in [1.29, 1.82) is 0 Å². The van der Waals surface area contributed by atoms with Crippen LogP contribution >= 0.6 is 0 Å². The second-order valence-corrected chi connectivity index (χ2v) is 4.91. The molecule has 2 saturated heterocycles. The van der Waals surface area contributed by atoms with Gasteiger partial charge in [-0.3, -0.25) is 4.98 Å². The summed E-state index contributed by atoms with van der Waals surface area (Å²) in [6.07, 6.45) is 5.93. The highest BCUT2D eigenvalue weighted by molar-refractivity contribution is 5.47. The minimum Gasteiger partial charge on any atom is -0.366 e. The number of pyridine rings is 1.